The van der Waals surface area contributed by atoms with E-state index in [1.807, 2.05) is 31.2 Å². The zero-order chi connectivity index (χ0) is 22.1. The van der Waals surface area contributed by atoms with Crippen LogP contribution in [-0.2, 0) is 26.9 Å². The number of sulfonamides is 1. The first-order valence-corrected chi connectivity index (χ1v) is 12.2. The summed E-state index contributed by atoms with van der Waals surface area (Å²) >= 11 is 0. The van der Waals surface area contributed by atoms with E-state index in [9.17, 15) is 13.2 Å². The smallest absolute Gasteiger partial charge is 0.251 e. The number of benzene rings is 2. The SMILES string of the molecule is CCOc1ccc(CCCNC(=O)c2ccc(CS(=O)(=O)N3CCOCC3)cc2)cc1. The molecule has 0 atom stereocenters. The Kier molecular flexibility index (Phi) is 8.45. The number of hydrogen-bond acceptors (Lipinski definition) is 5. The zero-order valence-electron chi connectivity index (χ0n) is 17.9. The lowest BCUT2D eigenvalue weighted by atomic mass is 10.1. The third-order valence-corrected chi connectivity index (χ3v) is 6.94. The molecule has 2 aromatic rings. The number of nitrogens with zero attached hydrogens (tertiary/aromatic N) is 1. The van der Waals surface area contributed by atoms with Crippen molar-refractivity contribution in [2.45, 2.75) is 25.5 Å². The average molecular weight is 447 g/mol. The van der Waals surface area contributed by atoms with Crippen LogP contribution in [0.4, 0.5) is 0 Å². The maximum absolute atomic E-state index is 12.5. The first kappa shape index (κ1) is 23.2. The molecule has 0 spiro atoms. The van der Waals surface area contributed by atoms with Gasteiger partial charge in [-0.25, -0.2) is 8.42 Å². The molecule has 1 amide bonds. The third-order valence-electron chi connectivity index (χ3n) is 5.09. The van der Waals surface area contributed by atoms with E-state index >= 15 is 0 Å². The molecule has 1 N–H and O–H groups in total. The van der Waals surface area contributed by atoms with Crippen molar-refractivity contribution in [1.29, 1.82) is 0 Å². The number of nitrogens with one attached hydrogen (secondary N) is 1. The third kappa shape index (κ3) is 7.05. The molecule has 1 saturated heterocycles. The minimum Gasteiger partial charge on any atom is -0.494 e. The maximum atomic E-state index is 12.5. The summed E-state index contributed by atoms with van der Waals surface area (Å²) in [5, 5.41) is 2.92. The average Bonchev–Trinajstić information content (AvgIpc) is 2.79. The molecule has 0 saturated carbocycles. The van der Waals surface area contributed by atoms with Crippen molar-refractivity contribution in [1.82, 2.24) is 9.62 Å². The van der Waals surface area contributed by atoms with Crippen molar-refractivity contribution in [2.75, 3.05) is 39.5 Å². The number of hydrogen-bond donors (Lipinski definition) is 1. The van der Waals surface area contributed by atoms with Gasteiger partial charge in [-0.3, -0.25) is 4.79 Å². The number of morpholine rings is 1. The quantitative estimate of drug-likeness (QED) is 0.567. The molecule has 3 rings (SSSR count). The molecule has 8 heteroatoms. The summed E-state index contributed by atoms with van der Waals surface area (Å²) in [6.07, 6.45) is 1.70. The Morgan fingerprint density at radius 3 is 2.32 bits per heavy atom. The number of amides is 1. The molecule has 168 valence electrons. The topological polar surface area (TPSA) is 84.9 Å². The van der Waals surface area contributed by atoms with Gasteiger partial charge >= 0.3 is 0 Å². The Bertz CT molecular complexity index is 937. The van der Waals surface area contributed by atoms with Gasteiger partial charge in [0.1, 0.15) is 5.75 Å². The molecule has 2 aromatic carbocycles. The lowest BCUT2D eigenvalue weighted by Gasteiger charge is -2.26. The van der Waals surface area contributed by atoms with E-state index in [2.05, 4.69) is 5.32 Å². The van der Waals surface area contributed by atoms with Gasteiger partial charge < -0.3 is 14.8 Å². The van der Waals surface area contributed by atoms with E-state index < -0.39 is 10.0 Å². The zero-order valence-corrected chi connectivity index (χ0v) is 18.7. The Morgan fingerprint density at radius 2 is 1.68 bits per heavy atom. The molecule has 1 aliphatic rings. The monoisotopic (exact) mass is 446 g/mol. The molecule has 1 fully saturated rings. The van der Waals surface area contributed by atoms with Crippen LogP contribution in [0.1, 0.15) is 34.8 Å². The second-order valence-electron chi connectivity index (χ2n) is 7.40. The summed E-state index contributed by atoms with van der Waals surface area (Å²) < 4.78 is 37.1. The summed E-state index contributed by atoms with van der Waals surface area (Å²) in [4.78, 5) is 12.3. The van der Waals surface area contributed by atoms with Gasteiger partial charge in [-0.15, -0.1) is 0 Å². The van der Waals surface area contributed by atoms with Crippen molar-refractivity contribution >= 4 is 15.9 Å². The highest BCUT2D eigenvalue weighted by Crippen LogP contribution is 2.15. The normalized spacial score (nSPS) is 14.9. The van der Waals surface area contributed by atoms with Gasteiger partial charge in [-0.05, 0) is 55.2 Å². The summed E-state index contributed by atoms with van der Waals surface area (Å²) in [5.41, 5.74) is 2.38. The van der Waals surface area contributed by atoms with E-state index in [0.717, 1.165) is 18.6 Å². The molecule has 0 aromatic heterocycles. The van der Waals surface area contributed by atoms with Gasteiger partial charge in [-0.2, -0.15) is 4.31 Å². The van der Waals surface area contributed by atoms with Crippen LogP contribution in [0.3, 0.4) is 0 Å². The molecular weight excluding hydrogens is 416 g/mol. The fourth-order valence-electron chi connectivity index (χ4n) is 3.39. The van der Waals surface area contributed by atoms with Crippen molar-refractivity contribution < 1.29 is 22.7 Å². The minimum absolute atomic E-state index is 0.0724. The van der Waals surface area contributed by atoms with Crippen LogP contribution >= 0.6 is 0 Å². The van der Waals surface area contributed by atoms with Crippen molar-refractivity contribution in [3.05, 3.63) is 65.2 Å². The van der Waals surface area contributed by atoms with Gasteiger partial charge in [-0.1, -0.05) is 24.3 Å². The first-order valence-electron chi connectivity index (χ1n) is 10.6. The fraction of sp³-hybridized carbons (Fsp3) is 0.435. The van der Waals surface area contributed by atoms with Gasteiger partial charge in [0.25, 0.3) is 5.91 Å². The molecular formula is C23H30N2O5S. The van der Waals surface area contributed by atoms with Gasteiger partial charge in [0.15, 0.2) is 0 Å². The van der Waals surface area contributed by atoms with Crippen LogP contribution in [0.5, 0.6) is 5.75 Å². The van der Waals surface area contributed by atoms with E-state index in [1.165, 1.54) is 9.87 Å². The number of aryl methyl sites for hydroxylation is 1. The van der Waals surface area contributed by atoms with Crippen LogP contribution in [0, 0.1) is 0 Å². The maximum Gasteiger partial charge on any atom is 0.251 e. The Hall–Kier alpha value is -2.42. The van der Waals surface area contributed by atoms with Crippen LogP contribution in [0.15, 0.2) is 48.5 Å². The van der Waals surface area contributed by atoms with E-state index in [4.69, 9.17) is 9.47 Å². The number of rotatable bonds is 10. The first-order chi connectivity index (χ1) is 15.0. The Labute approximate surface area is 184 Å². The van der Waals surface area contributed by atoms with Crippen LogP contribution in [-0.4, -0.2) is 58.1 Å². The van der Waals surface area contributed by atoms with E-state index in [1.54, 1.807) is 24.3 Å². The van der Waals surface area contributed by atoms with Gasteiger partial charge in [0.05, 0.1) is 25.6 Å². The van der Waals surface area contributed by atoms with Gasteiger partial charge in [0.2, 0.25) is 10.0 Å². The molecule has 0 aliphatic carbocycles. The van der Waals surface area contributed by atoms with Crippen LogP contribution in [0.2, 0.25) is 0 Å². The number of ether oxygens (including phenoxy) is 2. The summed E-state index contributed by atoms with van der Waals surface area (Å²) in [6.45, 7) is 4.81. The largest absolute Gasteiger partial charge is 0.494 e. The highest BCUT2D eigenvalue weighted by Gasteiger charge is 2.24. The van der Waals surface area contributed by atoms with Crippen molar-refractivity contribution in [3.8, 4) is 5.75 Å². The predicted octanol–water partition coefficient (Wildman–Crippen LogP) is 2.61. The molecule has 0 bridgehead atoms. The second-order valence-corrected chi connectivity index (χ2v) is 9.37. The summed E-state index contributed by atoms with van der Waals surface area (Å²) in [5.74, 6) is 0.631. The predicted molar refractivity (Wildman–Crippen MR) is 120 cm³/mol. The van der Waals surface area contributed by atoms with Crippen molar-refractivity contribution in [2.24, 2.45) is 0 Å². The summed E-state index contributed by atoms with van der Waals surface area (Å²) in [6, 6.07) is 14.7. The lowest BCUT2D eigenvalue weighted by Crippen LogP contribution is -2.41. The highest BCUT2D eigenvalue weighted by atomic mass is 32.2. The molecule has 7 nitrogen and oxygen atoms in total. The molecule has 1 heterocycles. The van der Waals surface area contributed by atoms with Gasteiger partial charge in [0, 0.05) is 25.2 Å². The van der Waals surface area contributed by atoms with Crippen LogP contribution in [0.25, 0.3) is 0 Å². The molecule has 0 unspecified atom stereocenters. The standard InChI is InChI=1S/C23H30N2O5S/c1-2-30-22-11-7-19(8-12-22)4-3-13-24-23(26)21-9-5-20(6-10-21)18-31(27,28)25-14-16-29-17-15-25/h5-12H,2-4,13-18H2,1H3,(H,24,26). The number of carbonyl (C=O) groups excluding carboxylic acids is 1. The van der Waals surface area contributed by atoms with E-state index in [-0.39, 0.29) is 11.7 Å². The Balaban J connectivity index is 1.43. The second kappa shape index (κ2) is 11.3. The Morgan fingerprint density at radius 1 is 1.03 bits per heavy atom. The fourth-order valence-corrected chi connectivity index (χ4v) is 4.90. The highest BCUT2D eigenvalue weighted by molar-refractivity contribution is 7.88. The summed E-state index contributed by atoms with van der Waals surface area (Å²) in [7, 11) is -3.37. The molecule has 0 radical (unpaired) electrons. The van der Waals surface area contributed by atoms with E-state index in [0.29, 0.717) is 50.6 Å². The molecule has 1 aliphatic heterocycles. The molecule has 31 heavy (non-hydrogen) atoms. The van der Waals surface area contributed by atoms with Crippen LogP contribution < -0.4 is 10.1 Å². The minimum atomic E-state index is -3.37. The lowest BCUT2D eigenvalue weighted by molar-refractivity contribution is 0.0729. The van der Waals surface area contributed by atoms with Crippen molar-refractivity contribution in [3.63, 3.8) is 0 Å². The number of carbonyl (C=O) groups is 1.